The van der Waals surface area contributed by atoms with Crippen molar-refractivity contribution >= 4 is 17.6 Å². The molecule has 1 aromatic heterocycles. The number of methoxy groups -OCH3 is 2. The van der Waals surface area contributed by atoms with E-state index in [0.29, 0.717) is 30.9 Å². The SMILES string of the molecule is COc1ccc(-c2ccc(N3CCCN(C(=O)CN(C(=O)c4cccc(OC)c4)C(C)C)CC3)nn2)cc1. The summed E-state index contributed by atoms with van der Waals surface area (Å²) in [5.74, 6) is 1.95. The van der Waals surface area contributed by atoms with Crippen molar-refractivity contribution in [2.24, 2.45) is 0 Å². The number of hydrogen-bond acceptors (Lipinski definition) is 7. The van der Waals surface area contributed by atoms with E-state index < -0.39 is 0 Å². The predicted molar refractivity (Wildman–Crippen MR) is 147 cm³/mol. The Balaban J connectivity index is 1.37. The van der Waals surface area contributed by atoms with Gasteiger partial charge in [-0.1, -0.05) is 6.07 Å². The van der Waals surface area contributed by atoms with Gasteiger partial charge in [0.15, 0.2) is 5.82 Å². The average molecular weight is 518 g/mol. The summed E-state index contributed by atoms with van der Waals surface area (Å²) >= 11 is 0. The van der Waals surface area contributed by atoms with E-state index in [-0.39, 0.29) is 24.4 Å². The summed E-state index contributed by atoms with van der Waals surface area (Å²) in [7, 11) is 3.21. The second-order valence-electron chi connectivity index (χ2n) is 9.49. The van der Waals surface area contributed by atoms with Gasteiger partial charge in [-0.25, -0.2) is 0 Å². The molecule has 2 heterocycles. The zero-order valence-corrected chi connectivity index (χ0v) is 22.5. The van der Waals surface area contributed by atoms with Crippen LogP contribution in [0.4, 0.5) is 5.82 Å². The quantitative estimate of drug-likeness (QED) is 0.450. The fourth-order valence-electron chi connectivity index (χ4n) is 4.46. The molecule has 4 rings (SSSR count). The third kappa shape index (κ3) is 6.40. The maximum atomic E-state index is 13.3. The molecule has 0 bridgehead atoms. The van der Waals surface area contributed by atoms with Crippen LogP contribution in [0.2, 0.25) is 0 Å². The molecule has 3 aromatic rings. The van der Waals surface area contributed by atoms with Gasteiger partial charge in [0.25, 0.3) is 5.91 Å². The van der Waals surface area contributed by atoms with E-state index in [2.05, 4.69) is 15.1 Å². The van der Waals surface area contributed by atoms with Crippen LogP contribution in [-0.4, -0.2) is 84.8 Å². The fraction of sp³-hybridized carbons (Fsp3) is 0.379. The van der Waals surface area contributed by atoms with Crippen LogP contribution >= 0.6 is 0 Å². The minimum atomic E-state index is -0.184. The van der Waals surface area contributed by atoms with Crippen molar-refractivity contribution in [3.63, 3.8) is 0 Å². The van der Waals surface area contributed by atoms with Crippen LogP contribution in [0.15, 0.2) is 60.7 Å². The standard InChI is InChI=1S/C29H35N5O4/c1-21(2)34(29(36)23-7-5-8-25(19-23)38-4)20-28(35)33-16-6-15-32(17-18-33)27-14-13-26(30-31-27)22-9-11-24(37-3)12-10-22/h5,7-14,19,21H,6,15-18,20H2,1-4H3. The summed E-state index contributed by atoms with van der Waals surface area (Å²) in [4.78, 5) is 32.1. The van der Waals surface area contributed by atoms with E-state index in [1.54, 1.807) is 43.4 Å². The number of hydrogen-bond donors (Lipinski definition) is 0. The van der Waals surface area contributed by atoms with Crippen molar-refractivity contribution in [2.75, 3.05) is 51.8 Å². The number of carbonyl (C=O) groups excluding carboxylic acids is 2. The minimum Gasteiger partial charge on any atom is -0.497 e. The number of amides is 2. The molecule has 2 aromatic carbocycles. The minimum absolute atomic E-state index is 0.0318. The monoisotopic (exact) mass is 517 g/mol. The van der Waals surface area contributed by atoms with Crippen molar-refractivity contribution in [2.45, 2.75) is 26.3 Å². The summed E-state index contributed by atoms with van der Waals surface area (Å²) in [6.07, 6.45) is 0.805. The molecule has 0 unspecified atom stereocenters. The molecule has 0 N–H and O–H groups in total. The molecule has 1 fully saturated rings. The molecule has 0 atom stereocenters. The van der Waals surface area contributed by atoms with E-state index in [9.17, 15) is 9.59 Å². The Hall–Kier alpha value is -4.14. The van der Waals surface area contributed by atoms with E-state index >= 15 is 0 Å². The Bertz CT molecular complexity index is 1230. The number of benzene rings is 2. The van der Waals surface area contributed by atoms with Crippen molar-refractivity contribution < 1.29 is 19.1 Å². The smallest absolute Gasteiger partial charge is 0.254 e. The summed E-state index contributed by atoms with van der Waals surface area (Å²) in [5.41, 5.74) is 2.26. The van der Waals surface area contributed by atoms with Gasteiger partial charge in [-0.3, -0.25) is 9.59 Å². The lowest BCUT2D eigenvalue weighted by atomic mass is 10.1. The first kappa shape index (κ1) is 26.9. The average Bonchev–Trinajstić information content (AvgIpc) is 3.22. The van der Waals surface area contributed by atoms with Crippen LogP contribution in [0.5, 0.6) is 11.5 Å². The highest BCUT2D eigenvalue weighted by Crippen LogP contribution is 2.22. The number of ether oxygens (including phenoxy) is 2. The molecule has 0 saturated carbocycles. The second-order valence-corrected chi connectivity index (χ2v) is 9.49. The maximum absolute atomic E-state index is 13.3. The van der Waals surface area contributed by atoms with Gasteiger partial charge in [-0.15, -0.1) is 10.2 Å². The highest BCUT2D eigenvalue weighted by molar-refractivity contribution is 5.97. The van der Waals surface area contributed by atoms with Gasteiger partial charge >= 0.3 is 0 Å². The van der Waals surface area contributed by atoms with Crippen LogP contribution in [-0.2, 0) is 4.79 Å². The van der Waals surface area contributed by atoms with E-state index in [4.69, 9.17) is 9.47 Å². The Morgan fingerprint density at radius 3 is 2.32 bits per heavy atom. The number of rotatable bonds is 8. The van der Waals surface area contributed by atoms with Gasteiger partial charge in [0.2, 0.25) is 5.91 Å². The Labute approximate surface area is 224 Å². The molecule has 9 heteroatoms. The maximum Gasteiger partial charge on any atom is 0.254 e. The number of anilines is 1. The summed E-state index contributed by atoms with van der Waals surface area (Å²) in [6.45, 7) is 6.48. The van der Waals surface area contributed by atoms with E-state index in [0.717, 1.165) is 35.8 Å². The molecule has 38 heavy (non-hydrogen) atoms. The summed E-state index contributed by atoms with van der Waals surface area (Å²) in [6, 6.07) is 18.5. The van der Waals surface area contributed by atoms with Crippen LogP contribution in [0.3, 0.4) is 0 Å². The van der Waals surface area contributed by atoms with Gasteiger partial charge in [0.1, 0.15) is 18.0 Å². The molecule has 1 aliphatic rings. The van der Waals surface area contributed by atoms with E-state index in [1.165, 1.54) is 0 Å². The van der Waals surface area contributed by atoms with Gasteiger partial charge in [-0.2, -0.15) is 0 Å². The van der Waals surface area contributed by atoms with Crippen molar-refractivity contribution in [3.05, 3.63) is 66.2 Å². The van der Waals surface area contributed by atoms with Gasteiger partial charge < -0.3 is 24.2 Å². The van der Waals surface area contributed by atoms with Gasteiger partial charge in [0, 0.05) is 43.3 Å². The highest BCUT2D eigenvalue weighted by Gasteiger charge is 2.26. The highest BCUT2D eigenvalue weighted by atomic mass is 16.5. The Morgan fingerprint density at radius 1 is 0.895 bits per heavy atom. The number of nitrogens with zero attached hydrogens (tertiary/aromatic N) is 5. The third-order valence-electron chi connectivity index (χ3n) is 6.72. The number of carbonyl (C=O) groups is 2. The summed E-state index contributed by atoms with van der Waals surface area (Å²) in [5, 5.41) is 8.87. The largest absolute Gasteiger partial charge is 0.497 e. The molecular weight excluding hydrogens is 482 g/mol. The van der Waals surface area contributed by atoms with Crippen LogP contribution in [0.1, 0.15) is 30.6 Å². The zero-order chi connectivity index (χ0) is 27.1. The number of aromatic nitrogens is 2. The molecule has 1 aliphatic heterocycles. The second kappa shape index (κ2) is 12.4. The molecule has 200 valence electrons. The van der Waals surface area contributed by atoms with Crippen molar-refractivity contribution in [3.8, 4) is 22.8 Å². The van der Waals surface area contributed by atoms with Crippen LogP contribution in [0, 0.1) is 0 Å². The molecule has 2 amide bonds. The fourth-order valence-corrected chi connectivity index (χ4v) is 4.46. The predicted octanol–water partition coefficient (Wildman–Crippen LogP) is 3.75. The van der Waals surface area contributed by atoms with Gasteiger partial charge in [0.05, 0.1) is 19.9 Å². The lowest BCUT2D eigenvalue weighted by Gasteiger charge is -2.29. The topological polar surface area (TPSA) is 88.1 Å². The van der Waals surface area contributed by atoms with Crippen LogP contribution in [0.25, 0.3) is 11.3 Å². The lowest BCUT2D eigenvalue weighted by molar-refractivity contribution is -0.132. The van der Waals surface area contributed by atoms with Gasteiger partial charge in [-0.05, 0) is 74.9 Å². The molecular formula is C29H35N5O4. The Morgan fingerprint density at radius 2 is 1.66 bits per heavy atom. The van der Waals surface area contributed by atoms with Crippen molar-refractivity contribution in [1.82, 2.24) is 20.0 Å². The molecule has 0 spiro atoms. The van der Waals surface area contributed by atoms with Crippen molar-refractivity contribution in [1.29, 1.82) is 0 Å². The third-order valence-corrected chi connectivity index (χ3v) is 6.72. The molecule has 0 radical (unpaired) electrons. The normalized spacial score (nSPS) is 13.7. The molecule has 9 nitrogen and oxygen atoms in total. The molecule has 1 saturated heterocycles. The summed E-state index contributed by atoms with van der Waals surface area (Å²) < 4.78 is 10.5. The first-order chi connectivity index (χ1) is 18.4. The van der Waals surface area contributed by atoms with E-state index in [1.807, 2.05) is 55.1 Å². The van der Waals surface area contributed by atoms with Crippen LogP contribution < -0.4 is 14.4 Å². The lowest BCUT2D eigenvalue weighted by Crippen LogP contribution is -2.46. The first-order valence-electron chi connectivity index (χ1n) is 12.9. The Kier molecular flexibility index (Phi) is 8.78. The molecule has 0 aliphatic carbocycles. The first-order valence-corrected chi connectivity index (χ1v) is 12.9. The zero-order valence-electron chi connectivity index (χ0n) is 22.5.